The normalized spacial score (nSPS) is 10.6. The lowest BCUT2D eigenvalue weighted by Gasteiger charge is -2.07. The molecule has 0 saturated carbocycles. The van der Waals surface area contributed by atoms with E-state index in [1.165, 1.54) is 37.3 Å². The predicted molar refractivity (Wildman–Crippen MR) is 101 cm³/mol. The maximum Gasteiger partial charge on any atom is 0.308 e. The number of amides is 1. The van der Waals surface area contributed by atoms with Crippen LogP contribution in [-0.2, 0) is 9.59 Å². The summed E-state index contributed by atoms with van der Waals surface area (Å²) in [5.74, 6) is -0.894. The van der Waals surface area contributed by atoms with Crippen molar-refractivity contribution in [3.05, 3.63) is 68.2 Å². The van der Waals surface area contributed by atoms with Gasteiger partial charge in [-0.3, -0.25) is 19.7 Å². The number of rotatable bonds is 5. The van der Waals surface area contributed by atoms with Crippen molar-refractivity contribution in [1.82, 2.24) is 0 Å². The first-order valence-electron chi connectivity index (χ1n) is 7.45. The van der Waals surface area contributed by atoms with Crippen LogP contribution in [-0.4, -0.2) is 16.8 Å². The van der Waals surface area contributed by atoms with Crippen molar-refractivity contribution >= 4 is 45.3 Å². The number of halogens is 1. The lowest BCUT2D eigenvalue weighted by Crippen LogP contribution is -2.14. The van der Waals surface area contributed by atoms with E-state index < -0.39 is 16.8 Å². The van der Waals surface area contributed by atoms with E-state index in [2.05, 4.69) is 21.2 Å². The number of hydrogen-bond acceptors (Lipinski definition) is 6. The van der Waals surface area contributed by atoms with Gasteiger partial charge in [-0.15, -0.1) is 0 Å². The van der Waals surface area contributed by atoms with Crippen molar-refractivity contribution in [3.8, 4) is 11.8 Å². The van der Waals surface area contributed by atoms with Crippen molar-refractivity contribution in [1.29, 1.82) is 5.26 Å². The Hall–Kier alpha value is -3.51. The summed E-state index contributed by atoms with van der Waals surface area (Å²) in [5, 5.41) is 22.5. The lowest BCUT2D eigenvalue weighted by atomic mass is 10.1. The first kappa shape index (κ1) is 19.8. The molecule has 0 saturated heterocycles. The van der Waals surface area contributed by atoms with Gasteiger partial charge in [0.25, 0.3) is 11.6 Å². The van der Waals surface area contributed by atoms with Crippen molar-refractivity contribution in [2.24, 2.45) is 0 Å². The number of carbonyl (C=O) groups excluding carboxylic acids is 2. The van der Waals surface area contributed by atoms with Crippen LogP contribution in [0.4, 0.5) is 11.4 Å². The van der Waals surface area contributed by atoms with Gasteiger partial charge in [0.1, 0.15) is 17.4 Å². The predicted octanol–water partition coefficient (Wildman–Crippen LogP) is 3.83. The highest BCUT2D eigenvalue weighted by atomic mass is 79.9. The summed E-state index contributed by atoms with van der Waals surface area (Å²) in [7, 11) is 0. The molecule has 0 spiro atoms. The molecule has 1 amide bonds. The molecule has 8 nitrogen and oxygen atoms in total. The minimum absolute atomic E-state index is 0.141. The van der Waals surface area contributed by atoms with Crippen molar-refractivity contribution in [3.63, 3.8) is 0 Å². The Morgan fingerprint density at radius 2 is 2.04 bits per heavy atom. The molecule has 2 aromatic carbocycles. The number of nitro benzene ring substituents is 1. The van der Waals surface area contributed by atoms with E-state index in [0.29, 0.717) is 10.0 Å². The second-order valence-corrected chi connectivity index (χ2v) is 6.07. The molecule has 0 atom stereocenters. The molecule has 2 aromatic rings. The minimum Gasteiger partial charge on any atom is -0.427 e. The van der Waals surface area contributed by atoms with Crippen molar-refractivity contribution in [2.75, 3.05) is 5.32 Å². The number of nitro groups is 1. The summed E-state index contributed by atoms with van der Waals surface area (Å²) in [6.45, 7) is 1.26. The number of non-ortho nitro benzene ring substituents is 1. The van der Waals surface area contributed by atoms with Crippen LogP contribution in [0.15, 0.2) is 52.5 Å². The Labute approximate surface area is 162 Å². The molecule has 0 fully saturated rings. The topological polar surface area (TPSA) is 122 Å². The number of nitrogens with one attached hydrogen (secondary N) is 1. The SMILES string of the molecule is CC(=O)Oc1cccc(C=C(C#N)C(=O)Nc2ccc([N+](=O)[O-])cc2Br)c1. The van der Waals surface area contributed by atoms with E-state index in [-0.39, 0.29) is 22.7 Å². The zero-order valence-electron chi connectivity index (χ0n) is 13.9. The minimum atomic E-state index is -0.690. The van der Waals surface area contributed by atoms with E-state index >= 15 is 0 Å². The summed E-state index contributed by atoms with van der Waals surface area (Å²) < 4.78 is 5.26. The standard InChI is InChI=1S/C18H12BrN3O5/c1-11(23)27-15-4-2-3-12(8-15)7-13(10-20)18(24)21-17-6-5-14(22(25)26)9-16(17)19/h2-9H,1H3,(H,21,24). The third-order valence-corrected chi connectivity index (χ3v) is 3.86. The van der Waals surface area contributed by atoms with Gasteiger partial charge in [-0.2, -0.15) is 5.26 Å². The molecule has 0 unspecified atom stereocenters. The molecule has 27 heavy (non-hydrogen) atoms. The summed E-state index contributed by atoms with van der Waals surface area (Å²) in [4.78, 5) is 33.5. The number of hydrogen-bond donors (Lipinski definition) is 1. The molecule has 2 rings (SSSR count). The number of anilines is 1. The molecular weight excluding hydrogens is 418 g/mol. The van der Waals surface area contributed by atoms with Gasteiger partial charge in [-0.1, -0.05) is 12.1 Å². The highest BCUT2D eigenvalue weighted by Crippen LogP contribution is 2.27. The van der Waals surface area contributed by atoms with Crippen molar-refractivity contribution < 1.29 is 19.2 Å². The van der Waals surface area contributed by atoms with Crippen molar-refractivity contribution in [2.45, 2.75) is 6.92 Å². The summed E-state index contributed by atoms with van der Waals surface area (Å²) >= 11 is 3.14. The second-order valence-electron chi connectivity index (χ2n) is 5.21. The maximum atomic E-state index is 12.3. The first-order chi connectivity index (χ1) is 12.8. The van der Waals surface area contributed by atoms with Gasteiger partial charge in [0, 0.05) is 23.5 Å². The van der Waals surface area contributed by atoms with Gasteiger partial charge < -0.3 is 10.1 Å². The third-order valence-electron chi connectivity index (χ3n) is 3.21. The van der Waals surface area contributed by atoms with Gasteiger partial charge in [-0.05, 0) is 45.8 Å². The van der Waals surface area contributed by atoms with Crippen LogP contribution < -0.4 is 10.1 Å². The number of nitrogens with zero attached hydrogens (tertiary/aromatic N) is 2. The fourth-order valence-corrected chi connectivity index (χ4v) is 2.52. The van der Waals surface area contributed by atoms with Crippen LogP contribution in [0.2, 0.25) is 0 Å². The monoisotopic (exact) mass is 429 g/mol. The number of benzene rings is 2. The molecule has 0 heterocycles. The maximum absolute atomic E-state index is 12.3. The van der Waals surface area contributed by atoms with Crippen LogP contribution in [0.1, 0.15) is 12.5 Å². The van der Waals surface area contributed by atoms with Gasteiger partial charge in [-0.25, -0.2) is 0 Å². The van der Waals surface area contributed by atoms with E-state index in [4.69, 9.17) is 4.74 Å². The van der Waals surface area contributed by atoms with Crippen LogP contribution in [0.25, 0.3) is 6.08 Å². The largest absolute Gasteiger partial charge is 0.427 e. The van der Waals surface area contributed by atoms with Gasteiger partial charge >= 0.3 is 5.97 Å². The average Bonchev–Trinajstić information content (AvgIpc) is 2.60. The Kier molecular flexibility index (Phi) is 6.41. The van der Waals surface area contributed by atoms with Crippen LogP contribution >= 0.6 is 15.9 Å². The molecule has 0 aliphatic rings. The van der Waals surface area contributed by atoms with E-state index in [0.717, 1.165) is 0 Å². The summed E-state index contributed by atoms with van der Waals surface area (Å²) in [6, 6.07) is 12.0. The number of nitriles is 1. The summed E-state index contributed by atoms with van der Waals surface area (Å²) in [6.07, 6.45) is 1.33. The fourth-order valence-electron chi connectivity index (χ4n) is 2.06. The Morgan fingerprint density at radius 1 is 1.30 bits per heavy atom. The van der Waals surface area contributed by atoms with Gasteiger partial charge in [0.15, 0.2) is 0 Å². The zero-order chi connectivity index (χ0) is 20.0. The first-order valence-corrected chi connectivity index (χ1v) is 8.25. The highest BCUT2D eigenvalue weighted by Gasteiger charge is 2.14. The third kappa shape index (κ3) is 5.49. The van der Waals surface area contributed by atoms with Gasteiger partial charge in [0.05, 0.1) is 10.6 Å². The molecular formula is C18H12BrN3O5. The Balaban J connectivity index is 2.23. The molecule has 0 aliphatic carbocycles. The van der Waals surface area contributed by atoms with Crippen LogP contribution in [0.3, 0.4) is 0 Å². The quantitative estimate of drug-likeness (QED) is 0.192. The van der Waals surface area contributed by atoms with Crippen LogP contribution in [0, 0.1) is 21.4 Å². The lowest BCUT2D eigenvalue weighted by molar-refractivity contribution is -0.384. The number of carbonyl (C=O) groups is 2. The zero-order valence-corrected chi connectivity index (χ0v) is 15.5. The van der Waals surface area contributed by atoms with E-state index in [1.807, 2.05) is 0 Å². The molecule has 0 aliphatic heterocycles. The molecule has 0 bridgehead atoms. The molecule has 1 N–H and O–H groups in total. The molecule has 0 radical (unpaired) electrons. The molecule has 0 aromatic heterocycles. The number of ether oxygens (including phenoxy) is 1. The molecule has 9 heteroatoms. The fraction of sp³-hybridized carbons (Fsp3) is 0.0556. The van der Waals surface area contributed by atoms with Gasteiger partial charge in [0.2, 0.25) is 0 Å². The van der Waals surface area contributed by atoms with Crippen LogP contribution in [0.5, 0.6) is 5.75 Å². The Morgan fingerprint density at radius 3 is 2.63 bits per heavy atom. The highest BCUT2D eigenvalue weighted by molar-refractivity contribution is 9.10. The molecule has 136 valence electrons. The average molecular weight is 430 g/mol. The smallest absolute Gasteiger partial charge is 0.308 e. The Bertz CT molecular complexity index is 995. The van der Waals surface area contributed by atoms with E-state index in [9.17, 15) is 25.0 Å². The second kappa shape index (κ2) is 8.73. The number of esters is 1. The van der Waals surface area contributed by atoms with E-state index in [1.54, 1.807) is 24.3 Å². The summed E-state index contributed by atoms with van der Waals surface area (Å²) in [5.41, 5.74) is 0.432.